The number of carboxylic acids is 1. The van der Waals surface area contributed by atoms with Crippen molar-refractivity contribution in [3.63, 3.8) is 0 Å². The van der Waals surface area contributed by atoms with Gasteiger partial charge >= 0.3 is 5.97 Å². The van der Waals surface area contributed by atoms with E-state index in [0.29, 0.717) is 17.1 Å². The highest BCUT2D eigenvalue weighted by Gasteiger charge is 2.14. The second-order valence-corrected chi connectivity index (χ2v) is 4.30. The fraction of sp³-hybridized carbons (Fsp3) is 0.273. The number of rotatable bonds is 6. The van der Waals surface area contributed by atoms with Crippen LogP contribution in [0.2, 0.25) is 0 Å². The van der Waals surface area contributed by atoms with Crippen molar-refractivity contribution in [1.29, 1.82) is 0 Å². The first-order valence-corrected chi connectivity index (χ1v) is 6.24. The fourth-order valence-electron chi connectivity index (χ4n) is 1.58. The summed E-state index contributed by atoms with van der Waals surface area (Å²) in [6.45, 7) is 0.138. The lowest BCUT2D eigenvalue weighted by atomic mass is 10.1. The first kappa shape index (κ1) is 14.2. The minimum atomic E-state index is -1.08. The molecule has 1 heterocycles. The Balaban J connectivity index is 2.30. The molecule has 0 aliphatic heterocycles. The summed E-state index contributed by atoms with van der Waals surface area (Å²) in [6, 6.07) is 4.59. The van der Waals surface area contributed by atoms with Crippen molar-refractivity contribution < 1.29 is 15.0 Å². The van der Waals surface area contributed by atoms with Crippen molar-refractivity contribution in [2.75, 3.05) is 17.7 Å². The summed E-state index contributed by atoms with van der Waals surface area (Å²) in [7, 11) is 0. The highest BCUT2D eigenvalue weighted by molar-refractivity contribution is 6.18. The van der Waals surface area contributed by atoms with Crippen LogP contribution >= 0.6 is 11.6 Å². The topological polar surface area (TPSA) is 124 Å². The van der Waals surface area contributed by atoms with Gasteiger partial charge in [0.2, 0.25) is 5.82 Å². The molecule has 4 N–H and O–H groups in total. The maximum Gasteiger partial charge on any atom is 0.337 e. The van der Waals surface area contributed by atoms with E-state index in [0.717, 1.165) is 0 Å². The third-order valence-electron chi connectivity index (χ3n) is 2.56. The summed E-state index contributed by atoms with van der Waals surface area (Å²) in [5.41, 5.74) is 1.04. The summed E-state index contributed by atoms with van der Waals surface area (Å²) in [5.74, 6) is -0.671. The van der Waals surface area contributed by atoms with E-state index in [2.05, 4.69) is 25.9 Å². The van der Waals surface area contributed by atoms with Gasteiger partial charge in [-0.3, -0.25) is 0 Å². The maximum absolute atomic E-state index is 11.2. The molecule has 1 aromatic carbocycles. The van der Waals surface area contributed by atoms with E-state index in [1.165, 1.54) is 6.07 Å². The number of aliphatic hydroxyl groups excluding tert-OH is 1. The van der Waals surface area contributed by atoms with E-state index < -0.39 is 12.1 Å². The van der Waals surface area contributed by atoms with Gasteiger partial charge in [0.1, 0.15) is 0 Å². The largest absolute Gasteiger partial charge is 0.478 e. The summed E-state index contributed by atoms with van der Waals surface area (Å²) in [6.07, 6.45) is -0.771. The van der Waals surface area contributed by atoms with Gasteiger partial charge < -0.3 is 15.5 Å². The van der Waals surface area contributed by atoms with Crippen LogP contribution in [0.25, 0.3) is 11.4 Å². The number of alkyl halides is 1. The minimum absolute atomic E-state index is 0.0555. The van der Waals surface area contributed by atoms with Crippen LogP contribution < -0.4 is 5.32 Å². The monoisotopic (exact) mass is 297 g/mol. The standard InChI is InChI=1S/C11H12ClN5O3/c12-4-7(18)5-13-9-3-6(10-14-16-17-15-10)1-2-8(9)11(19)20/h1-3,7,13,18H,4-5H2,(H,19,20)(H,14,15,16,17). The van der Waals surface area contributed by atoms with Crippen molar-refractivity contribution in [2.45, 2.75) is 6.10 Å². The molecule has 106 valence electrons. The molecule has 0 aliphatic rings. The maximum atomic E-state index is 11.2. The number of carboxylic acid groups (broad SMARTS) is 1. The molecule has 1 atom stereocenters. The number of nitrogens with zero attached hydrogens (tertiary/aromatic N) is 3. The number of aliphatic hydroxyl groups is 1. The quantitative estimate of drug-likeness (QED) is 0.575. The number of H-pyrrole nitrogens is 1. The van der Waals surface area contributed by atoms with Crippen molar-refractivity contribution in [3.8, 4) is 11.4 Å². The summed E-state index contributed by atoms with van der Waals surface area (Å²) in [4.78, 5) is 11.2. The molecule has 1 unspecified atom stereocenters. The van der Waals surface area contributed by atoms with E-state index in [1.807, 2.05) is 0 Å². The van der Waals surface area contributed by atoms with Gasteiger partial charge in [0, 0.05) is 17.8 Å². The van der Waals surface area contributed by atoms with Crippen LogP contribution in [0, 0.1) is 0 Å². The van der Waals surface area contributed by atoms with Crippen molar-refractivity contribution in [3.05, 3.63) is 23.8 Å². The molecule has 1 aromatic heterocycles. The molecule has 0 spiro atoms. The number of nitrogens with one attached hydrogen (secondary N) is 2. The van der Waals surface area contributed by atoms with Gasteiger partial charge in [-0.15, -0.1) is 21.8 Å². The summed E-state index contributed by atoms with van der Waals surface area (Å²) in [5, 5.41) is 34.8. The number of hydrogen-bond donors (Lipinski definition) is 4. The average molecular weight is 298 g/mol. The van der Waals surface area contributed by atoms with E-state index in [-0.39, 0.29) is 18.0 Å². The Morgan fingerprint density at radius 3 is 2.90 bits per heavy atom. The molecule has 2 rings (SSSR count). The zero-order valence-corrected chi connectivity index (χ0v) is 11.0. The normalized spacial score (nSPS) is 12.1. The lowest BCUT2D eigenvalue weighted by Crippen LogP contribution is -2.21. The Kier molecular flexibility index (Phi) is 4.49. The number of halogens is 1. The number of aromatic nitrogens is 4. The molecule has 20 heavy (non-hydrogen) atoms. The predicted molar refractivity (Wildman–Crippen MR) is 71.8 cm³/mol. The Hall–Kier alpha value is -2.19. The molecule has 9 heteroatoms. The number of aromatic amines is 1. The molecule has 0 aliphatic carbocycles. The molecule has 0 saturated carbocycles. The molecular weight excluding hydrogens is 286 g/mol. The lowest BCUT2D eigenvalue weighted by Gasteiger charge is -2.13. The second kappa shape index (κ2) is 6.31. The molecule has 0 saturated heterocycles. The third-order valence-corrected chi connectivity index (χ3v) is 2.92. The zero-order chi connectivity index (χ0) is 14.5. The Labute approximate surface area is 118 Å². The van der Waals surface area contributed by atoms with Crippen LogP contribution in [-0.4, -0.2) is 55.3 Å². The molecule has 8 nitrogen and oxygen atoms in total. The van der Waals surface area contributed by atoms with Crippen LogP contribution in [0.1, 0.15) is 10.4 Å². The summed E-state index contributed by atoms with van der Waals surface area (Å²) < 4.78 is 0. The van der Waals surface area contributed by atoms with E-state index in [9.17, 15) is 9.90 Å². The Morgan fingerprint density at radius 2 is 2.30 bits per heavy atom. The molecule has 0 fully saturated rings. The summed E-state index contributed by atoms with van der Waals surface area (Å²) >= 11 is 5.49. The van der Waals surface area contributed by atoms with E-state index >= 15 is 0 Å². The zero-order valence-electron chi connectivity index (χ0n) is 10.2. The van der Waals surface area contributed by atoms with Crippen molar-refractivity contribution in [2.24, 2.45) is 0 Å². The predicted octanol–water partition coefficient (Wildman–Crippen LogP) is 0.576. The van der Waals surface area contributed by atoms with Crippen LogP contribution in [0.3, 0.4) is 0 Å². The van der Waals surface area contributed by atoms with E-state index in [1.54, 1.807) is 12.1 Å². The van der Waals surface area contributed by atoms with Crippen molar-refractivity contribution in [1.82, 2.24) is 20.6 Å². The average Bonchev–Trinajstić information content (AvgIpc) is 2.98. The van der Waals surface area contributed by atoms with Crippen LogP contribution in [0.5, 0.6) is 0 Å². The fourth-order valence-corrected chi connectivity index (χ4v) is 1.69. The molecular formula is C11H12ClN5O3. The Bertz CT molecular complexity index is 590. The second-order valence-electron chi connectivity index (χ2n) is 3.99. The molecule has 2 aromatic rings. The van der Waals surface area contributed by atoms with Crippen LogP contribution in [0.15, 0.2) is 18.2 Å². The van der Waals surface area contributed by atoms with Gasteiger partial charge in [-0.1, -0.05) is 6.07 Å². The van der Waals surface area contributed by atoms with Crippen molar-refractivity contribution >= 4 is 23.3 Å². The van der Waals surface area contributed by atoms with Gasteiger partial charge in [0.15, 0.2) is 0 Å². The highest BCUT2D eigenvalue weighted by Crippen LogP contribution is 2.23. The third kappa shape index (κ3) is 3.22. The Morgan fingerprint density at radius 1 is 1.50 bits per heavy atom. The SMILES string of the molecule is O=C(O)c1ccc(-c2nn[nH]n2)cc1NCC(O)CCl. The number of benzene rings is 1. The molecule has 0 radical (unpaired) electrons. The number of hydrogen-bond acceptors (Lipinski definition) is 6. The number of tetrazole rings is 1. The molecule has 0 bridgehead atoms. The van der Waals surface area contributed by atoms with Gasteiger partial charge in [-0.05, 0) is 17.3 Å². The van der Waals surface area contributed by atoms with Gasteiger partial charge in [-0.2, -0.15) is 5.21 Å². The van der Waals surface area contributed by atoms with Crippen LogP contribution in [-0.2, 0) is 0 Å². The first-order valence-electron chi connectivity index (χ1n) is 5.71. The smallest absolute Gasteiger partial charge is 0.337 e. The van der Waals surface area contributed by atoms with E-state index in [4.69, 9.17) is 16.7 Å². The molecule has 0 amide bonds. The van der Waals surface area contributed by atoms with Gasteiger partial charge in [0.25, 0.3) is 0 Å². The lowest BCUT2D eigenvalue weighted by molar-refractivity contribution is 0.0697. The number of anilines is 1. The minimum Gasteiger partial charge on any atom is -0.478 e. The number of carbonyl (C=O) groups is 1. The van der Waals surface area contributed by atoms with Gasteiger partial charge in [-0.25, -0.2) is 4.79 Å². The van der Waals surface area contributed by atoms with Gasteiger partial charge in [0.05, 0.1) is 17.5 Å². The highest BCUT2D eigenvalue weighted by atomic mass is 35.5. The number of aromatic carboxylic acids is 1. The first-order chi connectivity index (χ1) is 9.61. The van der Waals surface area contributed by atoms with Crippen LogP contribution in [0.4, 0.5) is 5.69 Å².